The van der Waals surface area contributed by atoms with Gasteiger partial charge in [0.1, 0.15) is 0 Å². The fourth-order valence-corrected chi connectivity index (χ4v) is 1.85. The Kier molecular flexibility index (Phi) is 8.83. The molecule has 0 rings (SSSR count). The van der Waals surface area contributed by atoms with Gasteiger partial charge in [0.15, 0.2) is 0 Å². The summed E-state index contributed by atoms with van der Waals surface area (Å²) in [4.78, 5) is 2.49. The molecule has 3 heteroatoms. The molecule has 3 nitrogen and oxygen atoms in total. The van der Waals surface area contributed by atoms with Gasteiger partial charge in [0, 0.05) is 24.7 Å². The normalized spacial score (nSPS) is 14.3. The zero-order chi connectivity index (χ0) is 13.3. The van der Waals surface area contributed by atoms with Gasteiger partial charge in [-0.3, -0.25) is 4.90 Å². The minimum absolute atomic E-state index is 0.224. The van der Waals surface area contributed by atoms with Crippen LogP contribution in [0.2, 0.25) is 0 Å². The molecule has 0 fully saturated rings. The zero-order valence-corrected chi connectivity index (χ0v) is 12.7. The van der Waals surface area contributed by atoms with Crippen molar-refractivity contribution in [1.82, 2.24) is 10.2 Å². The number of likely N-dealkylation sites (N-methyl/N-ethyl adjacent to an activating group) is 1. The van der Waals surface area contributed by atoms with E-state index >= 15 is 0 Å². The van der Waals surface area contributed by atoms with Crippen LogP contribution < -0.4 is 5.32 Å². The topological polar surface area (TPSA) is 24.5 Å². The Morgan fingerprint density at radius 3 is 2.35 bits per heavy atom. The lowest BCUT2D eigenvalue weighted by Gasteiger charge is -2.29. The first kappa shape index (κ1) is 16.9. The molecular weight excluding hydrogens is 212 g/mol. The van der Waals surface area contributed by atoms with Crippen molar-refractivity contribution in [2.24, 2.45) is 0 Å². The van der Waals surface area contributed by atoms with E-state index in [-0.39, 0.29) is 5.54 Å². The molecule has 1 unspecified atom stereocenters. The SMILES string of the molecule is CCOCCN(CC)C(C)CCNC(C)(C)C. The van der Waals surface area contributed by atoms with Gasteiger partial charge in [-0.1, -0.05) is 6.92 Å². The monoisotopic (exact) mass is 244 g/mol. The number of rotatable bonds is 9. The second kappa shape index (κ2) is 8.90. The van der Waals surface area contributed by atoms with E-state index in [1.54, 1.807) is 0 Å². The van der Waals surface area contributed by atoms with Crippen LogP contribution in [-0.2, 0) is 4.74 Å². The van der Waals surface area contributed by atoms with Crippen molar-refractivity contribution in [2.75, 3.05) is 32.8 Å². The molecule has 1 atom stereocenters. The van der Waals surface area contributed by atoms with Gasteiger partial charge in [0.05, 0.1) is 6.61 Å². The summed E-state index contributed by atoms with van der Waals surface area (Å²) in [5.41, 5.74) is 0.224. The summed E-state index contributed by atoms with van der Waals surface area (Å²) in [7, 11) is 0. The van der Waals surface area contributed by atoms with Crippen molar-refractivity contribution in [3.05, 3.63) is 0 Å². The lowest BCUT2D eigenvalue weighted by molar-refractivity contribution is 0.0977. The molecule has 0 aliphatic heterocycles. The summed E-state index contributed by atoms with van der Waals surface area (Å²) >= 11 is 0. The largest absolute Gasteiger partial charge is 0.380 e. The van der Waals surface area contributed by atoms with E-state index in [4.69, 9.17) is 4.74 Å². The van der Waals surface area contributed by atoms with E-state index in [1.807, 2.05) is 6.92 Å². The van der Waals surface area contributed by atoms with Crippen LogP contribution in [0.3, 0.4) is 0 Å². The van der Waals surface area contributed by atoms with E-state index in [0.29, 0.717) is 6.04 Å². The van der Waals surface area contributed by atoms with Gasteiger partial charge in [0.2, 0.25) is 0 Å². The zero-order valence-electron chi connectivity index (χ0n) is 12.7. The summed E-state index contributed by atoms with van der Waals surface area (Å²) in [5.74, 6) is 0. The number of nitrogens with zero attached hydrogens (tertiary/aromatic N) is 1. The molecule has 0 radical (unpaired) electrons. The van der Waals surface area contributed by atoms with Gasteiger partial charge in [-0.15, -0.1) is 0 Å². The molecule has 0 aromatic rings. The third kappa shape index (κ3) is 9.57. The minimum atomic E-state index is 0.224. The first-order chi connectivity index (χ1) is 7.90. The fraction of sp³-hybridized carbons (Fsp3) is 1.00. The van der Waals surface area contributed by atoms with Crippen LogP contribution >= 0.6 is 0 Å². The van der Waals surface area contributed by atoms with Crippen molar-refractivity contribution in [2.45, 2.75) is 59.5 Å². The molecular formula is C14H32N2O. The highest BCUT2D eigenvalue weighted by atomic mass is 16.5. The van der Waals surface area contributed by atoms with Crippen molar-refractivity contribution < 1.29 is 4.74 Å². The standard InChI is InChI=1S/C14H32N2O/c1-7-16(11-12-17-8-2)13(3)9-10-15-14(4,5)6/h13,15H,7-12H2,1-6H3. The molecule has 0 bridgehead atoms. The van der Waals surface area contributed by atoms with E-state index in [9.17, 15) is 0 Å². The number of nitrogens with one attached hydrogen (secondary N) is 1. The average Bonchev–Trinajstić information content (AvgIpc) is 2.22. The smallest absolute Gasteiger partial charge is 0.0593 e. The van der Waals surface area contributed by atoms with Gasteiger partial charge >= 0.3 is 0 Å². The molecule has 0 saturated carbocycles. The van der Waals surface area contributed by atoms with Crippen molar-refractivity contribution in [3.8, 4) is 0 Å². The van der Waals surface area contributed by atoms with E-state index in [2.05, 4.69) is 44.8 Å². The van der Waals surface area contributed by atoms with Crippen LogP contribution in [0.15, 0.2) is 0 Å². The molecule has 0 amide bonds. The van der Waals surface area contributed by atoms with Crippen LogP contribution in [0, 0.1) is 0 Å². The Hall–Kier alpha value is -0.120. The molecule has 0 aliphatic rings. The number of hydrogen-bond donors (Lipinski definition) is 1. The Balaban J connectivity index is 3.79. The second-order valence-corrected chi connectivity index (χ2v) is 5.64. The Morgan fingerprint density at radius 2 is 1.88 bits per heavy atom. The minimum Gasteiger partial charge on any atom is -0.380 e. The predicted molar refractivity (Wildman–Crippen MR) is 75.6 cm³/mol. The summed E-state index contributed by atoms with van der Waals surface area (Å²) < 4.78 is 5.42. The molecule has 0 spiro atoms. The molecule has 0 saturated heterocycles. The van der Waals surface area contributed by atoms with Crippen LogP contribution in [0.5, 0.6) is 0 Å². The Morgan fingerprint density at radius 1 is 1.24 bits per heavy atom. The lowest BCUT2D eigenvalue weighted by Crippen LogP contribution is -2.41. The van der Waals surface area contributed by atoms with Crippen LogP contribution in [0.25, 0.3) is 0 Å². The third-order valence-electron chi connectivity index (χ3n) is 2.97. The fourth-order valence-electron chi connectivity index (χ4n) is 1.85. The van der Waals surface area contributed by atoms with Crippen molar-refractivity contribution in [1.29, 1.82) is 0 Å². The molecule has 1 N–H and O–H groups in total. The Bertz CT molecular complexity index is 178. The molecule has 0 aromatic carbocycles. The molecule has 17 heavy (non-hydrogen) atoms. The molecule has 104 valence electrons. The van der Waals surface area contributed by atoms with Crippen LogP contribution in [0.4, 0.5) is 0 Å². The average molecular weight is 244 g/mol. The van der Waals surface area contributed by atoms with Gasteiger partial charge in [-0.05, 0) is 54.1 Å². The van der Waals surface area contributed by atoms with Gasteiger partial charge in [-0.2, -0.15) is 0 Å². The third-order valence-corrected chi connectivity index (χ3v) is 2.97. The highest BCUT2D eigenvalue weighted by molar-refractivity contribution is 4.73. The quantitative estimate of drug-likeness (QED) is 0.631. The predicted octanol–water partition coefficient (Wildman–Crippen LogP) is 2.51. The van der Waals surface area contributed by atoms with Gasteiger partial charge in [0.25, 0.3) is 0 Å². The van der Waals surface area contributed by atoms with E-state index in [0.717, 1.165) is 32.8 Å². The molecule has 0 aromatic heterocycles. The first-order valence-corrected chi connectivity index (χ1v) is 6.97. The van der Waals surface area contributed by atoms with E-state index < -0.39 is 0 Å². The van der Waals surface area contributed by atoms with E-state index in [1.165, 1.54) is 6.42 Å². The highest BCUT2D eigenvalue weighted by Crippen LogP contribution is 2.05. The highest BCUT2D eigenvalue weighted by Gasteiger charge is 2.13. The summed E-state index contributed by atoms with van der Waals surface area (Å²) in [6.07, 6.45) is 1.19. The molecule has 0 heterocycles. The first-order valence-electron chi connectivity index (χ1n) is 6.97. The Labute approximate surface area is 108 Å². The van der Waals surface area contributed by atoms with Crippen LogP contribution in [-0.4, -0.2) is 49.3 Å². The number of ether oxygens (including phenoxy) is 1. The van der Waals surface area contributed by atoms with Gasteiger partial charge in [-0.25, -0.2) is 0 Å². The molecule has 0 aliphatic carbocycles. The maximum atomic E-state index is 5.42. The number of hydrogen-bond acceptors (Lipinski definition) is 3. The summed E-state index contributed by atoms with van der Waals surface area (Å²) in [5, 5.41) is 3.54. The summed E-state index contributed by atoms with van der Waals surface area (Å²) in [6, 6.07) is 0.621. The maximum absolute atomic E-state index is 5.42. The second-order valence-electron chi connectivity index (χ2n) is 5.64. The summed E-state index contributed by atoms with van der Waals surface area (Å²) in [6.45, 7) is 18.1. The maximum Gasteiger partial charge on any atom is 0.0593 e. The van der Waals surface area contributed by atoms with Crippen LogP contribution in [0.1, 0.15) is 48.0 Å². The van der Waals surface area contributed by atoms with Crippen molar-refractivity contribution in [3.63, 3.8) is 0 Å². The van der Waals surface area contributed by atoms with Gasteiger partial charge < -0.3 is 10.1 Å². The lowest BCUT2D eigenvalue weighted by atomic mass is 10.1. The van der Waals surface area contributed by atoms with Crippen molar-refractivity contribution >= 4 is 0 Å².